The number of ether oxygens (including phenoxy) is 4. The van der Waals surface area contributed by atoms with Gasteiger partial charge in [-0.25, -0.2) is 66.0 Å². The number of alkyl halides is 5. The lowest BCUT2D eigenvalue weighted by atomic mass is 9.94. The minimum Gasteiger partial charge on any atom is -0.397 e. The first kappa shape index (κ1) is 73.7. The highest BCUT2D eigenvalue weighted by atomic mass is 32.5. The summed E-state index contributed by atoms with van der Waals surface area (Å²) in [4.78, 5) is 112. The van der Waals surface area contributed by atoms with Gasteiger partial charge in [-0.3, -0.25) is 65.0 Å². The fourth-order valence-electron chi connectivity index (χ4n) is 13.5. The topological polar surface area (TPSA) is 555 Å². The molecule has 8 aliphatic rings. The van der Waals surface area contributed by atoms with Gasteiger partial charge in [0.1, 0.15) is 60.1 Å². The van der Waals surface area contributed by atoms with E-state index in [0.29, 0.717) is 0 Å². The maximum atomic E-state index is 16.2. The minimum atomic E-state index is -5.32. The van der Waals surface area contributed by atoms with Gasteiger partial charge in [-0.05, 0) is 49.3 Å². The number of hydrogen-bond acceptors (Lipinski definition) is 33. The predicted molar refractivity (Wildman–Crippen MR) is 347 cm³/mol. The Balaban J connectivity index is 0.000000159. The van der Waals surface area contributed by atoms with Crippen molar-refractivity contribution < 1.29 is 111 Å². The summed E-state index contributed by atoms with van der Waals surface area (Å²) in [6, 6.07) is 1.50. The van der Waals surface area contributed by atoms with Crippen molar-refractivity contribution in [2.24, 2.45) is 10.8 Å². The van der Waals surface area contributed by atoms with Gasteiger partial charge in [-0.2, -0.15) is 9.97 Å². The number of halogens is 5. The van der Waals surface area contributed by atoms with Crippen LogP contribution in [0.5, 0.6) is 0 Å². The normalized spacial score (nSPS) is 37.7. The maximum Gasteiger partial charge on any atom is 0.472 e. The highest BCUT2D eigenvalue weighted by Gasteiger charge is 2.85. The zero-order chi connectivity index (χ0) is 73.6. The molecule has 103 heavy (non-hydrogen) atoms. The Morgan fingerprint density at radius 1 is 0.573 bits per heavy atom. The van der Waals surface area contributed by atoms with Crippen molar-refractivity contribution in [3.63, 3.8) is 0 Å². The number of anilines is 4. The summed E-state index contributed by atoms with van der Waals surface area (Å²) in [7, 11) is -10.6. The van der Waals surface area contributed by atoms with Crippen LogP contribution < -0.4 is 34.1 Å². The number of phosphoric acid groups is 2. The van der Waals surface area contributed by atoms with Crippen LogP contribution >= 0.6 is 29.1 Å². The number of imidazole rings is 4. The molecule has 4 bridgehead atoms. The molecule has 52 heteroatoms. The molecule has 8 fully saturated rings. The second-order valence-electron chi connectivity index (χ2n) is 24.7. The van der Waals surface area contributed by atoms with Crippen molar-refractivity contribution in [1.29, 1.82) is 0 Å². The molecule has 41 nitrogen and oxygen atoms in total. The third kappa shape index (κ3) is 13.1. The SMILES string of the molecule is CCN(CC)CC.Nc1nc2c(ncn2[C@@H]2O[C@@H]3COP(=O)(O)O[C@H]4[C@H](n5cnc6c(N)ncnc65)O[C@H](COP(=O)(O)O[C@H]3[C@H]2O)[C@]42CC2(F)F)c(=O)[nH]1.Nc1nc2c(ncn2[C@@H]2O[C@@H]3COP(O)(=S)O[C@H]4[C@H](n5cnc6c(N)ccnc65)O[C@H](COP(O)(=S)O[C@H]3[C@H]2F)[C@]42CC2(F)F)c(=O)[nH]1. The summed E-state index contributed by atoms with van der Waals surface area (Å²) in [5.41, 5.74) is 17.3. The van der Waals surface area contributed by atoms with E-state index in [2.05, 4.69) is 80.5 Å². The Bertz CT molecular complexity index is 4650. The van der Waals surface area contributed by atoms with E-state index in [1.54, 1.807) is 0 Å². The highest BCUT2D eigenvalue weighted by Crippen LogP contribution is 2.75. The average molecular weight is 1580 g/mol. The molecule has 16 rings (SSSR count). The molecule has 20 atom stereocenters. The molecule has 560 valence electrons. The Labute approximate surface area is 583 Å². The molecule has 8 aromatic heterocycles. The van der Waals surface area contributed by atoms with Crippen LogP contribution in [0.3, 0.4) is 0 Å². The third-order valence-corrected chi connectivity index (χ3v) is 23.9. The molecule has 6 saturated heterocycles. The first-order valence-electron chi connectivity index (χ1n) is 31.1. The van der Waals surface area contributed by atoms with Gasteiger partial charge in [0.05, 0.1) is 80.5 Å². The first-order chi connectivity index (χ1) is 48.6. The number of fused-ring (bicyclic) bond motifs is 6. The fourth-order valence-corrected chi connectivity index (χ4v) is 18.3. The van der Waals surface area contributed by atoms with Gasteiger partial charge in [0.25, 0.3) is 23.0 Å². The van der Waals surface area contributed by atoms with Gasteiger partial charge in [-0.15, -0.1) is 0 Å². The number of nitrogens with one attached hydrogen (secondary N) is 2. The number of aromatic amines is 2. The van der Waals surface area contributed by atoms with E-state index in [0.717, 1.165) is 39.0 Å². The molecule has 15 N–H and O–H groups in total. The summed E-state index contributed by atoms with van der Waals surface area (Å²) >= 11 is 10.4. The number of hydrogen-bond donors (Lipinski definition) is 11. The van der Waals surface area contributed by atoms with Crippen molar-refractivity contribution >= 4 is 121 Å². The fraction of sp³-hybridized carbons (Fsp3) is 0.588. The lowest BCUT2D eigenvalue weighted by Crippen LogP contribution is -2.37. The van der Waals surface area contributed by atoms with E-state index in [-0.39, 0.29) is 68.1 Å². The monoisotopic (exact) mass is 1570 g/mol. The van der Waals surface area contributed by atoms with E-state index in [4.69, 9.17) is 102 Å². The zero-order valence-electron chi connectivity index (χ0n) is 53.3. The molecule has 0 aromatic carbocycles. The van der Waals surface area contributed by atoms with Crippen LogP contribution in [0.2, 0.25) is 0 Å². The molecular formula is C51H63F5N20O21P4S2. The molecule has 4 unspecified atom stereocenters. The molecule has 0 radical (unpaired) electrons. The van der Waals surface area contributed by atoms with Crippen LogP contribution in [0, 0.1) is 10.8 Å². The largest absolute Gasteiger partial charge is 0.472 e. The van der Waals surface area contributed by atoms with Crippen molar-refractivity contribution in [3.05, 3.63) is 64.6 Å². The molecule has 0 amide bonds. The number of nitrogen functional groups attached to an aromatic ring is 4. The molecule has 6 aliphatic heterocycles. The lowest BCUT2D eigenvalue weighted by Gasteiger charge is -2.29. The van der Waals surface area contributed by atoms with Crippen LogP contribution in [-0.4, -0.2) is 222 Å². The van der Waals surface area contributed by atoms with Gasteiger partial charge in [0, 0.05) is 19.0 Å². The second-order valence-corrected chi connectivity index (χ2v) is 33.1. The van der Waals surface area contributed by atoms with Gasteiger partial charge >= 0.3 is 29.1 Å². The molecule has 8 aromatic rings. The predicted octanol–water partition coefficient (Wildman–Crippen LogP) is 1.81. The van der Waals surface area contributed by atoms with Crippen LogP contribution in [0.4, 0.5) is 45.4 Å². The number of aromatic nitrogens is 15. The molecule has 2 spiro atoms. The summed E-state index contributed by atoms with van der Waals surface area (Å²) in [6.07, 6.45) is -18.4. The molecular weight excluding hydrogens is 1510 g/mol. The first-order valence-corrected chi connectivity index (χ1v) is 39.2. The van der Waals surface area contributed by atoms with Gasteiger partial charge in [-0.1, -0.05) is 20.8 Å². The quantitative estimate of drug-likeness (QED) is 0.0800. The average Bonchev–Trinajstić information content (AvgIpc) is 1.51. The number of rotatable bonds is 7. The van der Waals surface area contributed by atoms with E-state index >= 15 is 22.0 Å². The lowest BCUT2D eigenvalue weighted by molar-refractivity contribution is -0.0673. The van der Waals surface area contributed by atoms with E-state index in [9.17, 15) is 43.4 Å². The summed E-state index contributed by atoms with van der Waals surface area (Å²) in [5, 5.41) is 11.2. The van der Waals surface area contributed by atoms with Crippen molar-refractivity contribution in [1.82, 2.24) is 78.0 Å². The van der Waals surface area contributed by atoms with E-state index in [1.807, 2.05) is 0 Å². The molecule has 2 saturated carbocycles. The number of aliphatic hydroxyl groups is 1. The maximum absolute atomic E-state index is 16.2. The number of phosphoric ester groups is 2. The minimum absolute atomic E-state index is 0.000226. The highest BCUT2D eigenvalue weighted by molar-refractivity contribution is 8.07. The van der Waals surface area contributed by atoms with Crippen LogP contribution in [0.1, 0.15) is 58.5 Å². The Kier molecular flexibility index (Phi) is 19.0. The number of H-pyrrole nitrogens is 2. The summed E-state index contributed by atoms with van der Waals surface area (Å²) in [5.74, 6) is -7.62. The number of aliphatic hydroxyl groups excluding tert-OH is 1. The Hall–Kier alpha value is -6.24. The van der Waals surface area contributed by atoms with E-state index < -0.39 is 188 Å². The Morgan fingerprint density at radius 2 is 1.02 bits per heavy atom. The number of nitrogens with two attached hydrogens (primary N) is 4. The van der Waals surface area contributed by atoms with Gasteiger partial charge < -0.3 is 80.5 Å². The summed E-state index contributed by atoms with van der Waals surface area (Å²) < 4.78 is 176. The van der Waals surface area contributed by atoms with Crippen molar-refractivity contribution in [3.8, 4) is 0 Å². The smallest absolute Gasteiger partial charge is 0.397 e. The standard InChI is InChI=1S/C23H24F3N9O9P2S2.C22H24F2N10O12P2.C6H15N/c24-11-14-9(41-19(11)35-7-31-13-17(35)32-21(28)33-18(13)36)3-39-46(38,48)44-15-20(34-6-30-12-8(27)1-2-29-16(12)34)42-10(4-40-45(37,47)43-14)22(15)5-23(22,25)26;23-22(24)3-21(22)8-2-42-47(37,38)45-12-7(43-18(11(12)35)34-6-30-10-16(34)31-20(26)32-17(10)36)1-41-48(39,40)46-13(21)19(44-8)33-5-29-9-14(25)27-4-28-15(9)33;1-4-7(5-2)6-3/h1-2,6-7,9-11,14-15,19-20H,3-5H2,(H2,27,29)(H,37,47)(H,38,48)(H3,28,32,33,36);4-8,11-13,18-19,35H,1-3H2,(H,37,38)(H,39,40)(H2,25,27,28)(H3,26,31,32,36);4-6H2,1-3H3/t9-,10-,11-,14-,15+,19-,20-,22-,45?,46?;7-,8-,11-,12-,13+,18-,19-,21-;/m11./s1. The van der Waals surface area contributed by atoms with Crippen LogP contribution in [-0.2, 0) is 87.9 Å². The molecule has 14 heterocycles. The van der Waals surface area contributed by atoms with Crippen molar-refractivity contribution in [2.45, 2.75) is 131 Å². The molecule has 2 aliphatic carbocycles. The van der Waals surface area contributed by atoms with Gasteiger partial charge in [0.15, 0.2) is 70.5 Å². The van der Waals surface area contributed by atoms with E-state index in [1.165, 1.54) is 42.8 Å². The number of pyridine rings is 1. The third-order valence-electron chi connectivity index (χ3n) is 18.8. The van der Waals surface area contributed by atoms with Gasteiger partial charge in [0.2, 0.25) is 11.9 Å². The summed E-state index contributed by atoms with van der Waals surface area (Å²) in [6.45, 7) is -2.23. The van der Waals surface area contributed by atoms with Crippen molar-refractivity contribution in [2.75, 3.05) is 69.0 Å². The second kappa shape index (κ2) is 26.6. The number of nitrogens with zero attached hydrogens (tertiary/aromatic N) is 14. The van der Waals surface area contributed by atoms with Crippen LogP contribution in [0.25, 0.3) is 44.7 Å². The van der Waals surface area contributed by atoms with Crippen LogP contribution in [0.15, 0.2) is 53.5 Å². The zero-order valence-corrected chi connectivity index (χ0v) is 58.5. The Morgan fingerprint density at radius 3 is 1.57 bits per heavy atom.